The molecule has 0 bridgehead atoms. The molecule has 0 aliphatic carbocycles. The van der Waals surface area contributed by atoms with Crippen LogP contribution in [0.5, 0.6) is 0 Å². The zero-order valence-corrected chi connectivity index (χ0v) is 14.4. The van der Waals surface area contributed by atoms with E-state index < -0.39 is 17.1 Å². The third-order valence-electron chi connectivity index (χ3n) is 3.38. The van der Waals surface area contributed by atoms with Gasteiger partial charge in [0.05, 0.1) is 0 Å². The normalized spacial score (nSPS) is 13.5. The van der Waals surface area contributed by atoms with E-state index in [-0.39, 0.29) is 6.42 Å². The van der Waals surface area contributed by atoms with Crippen LogP contribution in [0, 0.1) is 11.3 Å². The van der Waals surface area contributed by atoms with Crippen LogP contribution in [0.2, 0.25) is 0 Å². The maximum Gasteiger partial charge on any atom is 0.491 e. The lowest BCUT2D eigenvalue weighted by Crippen LogP contribution is -2.37. The summed E-state index contributed by atoms with van der Waals surface area (Å²) in [5.74, 6) is -2.39. The predicted molar refractivity (Wildman–Crippen MR) is 90.0 cm³/mol. The monoisotopic (exact) mass is 380 g/mol. The van der Waals surface area contributed by atoms with E-state index in [1.165, 1.54) is 12.3 Å². The molecule has 0 fully saturated rings. The second-order valence-electron chi connectivity index (χ2n) is 5.36. The maximum absolute atomic E-state index is 12.6. The largest absolute Gasteiger partial charge is 0.491 e. The first-order chi connectivity index (χ1) is 12.3. The number of carbonyl (C=O) groups is 1. The molecule has 4 nitrogen and oxygen atoms in total. The molecule has 0 aliphatic heterocycles. The van der Waals surface area contributed by atoms with Gasteiger partial charge in [-0.1, -0.05) is 36.4 Å². The van der Waals surface area contributed by atoms with Crippen molar-refractivity contribution in [2.75, 3.05) is 0 Å². The number of halogens is 3. The van der Waals surface area contributed by atoms with Crippen LogP contribution in [0.3, 0.4) is 0 Å². The zero-order valence-electron chi connectivity index (χ0n) is 13.6. The molecule has 1 heterocycles. The Morgan fingerprint density at radius 3 is 2.42 bits per heavy atom. The van der Waals surface area contributed by atoms with E-state index in [1.807, 2.05) is 30.3 Å². The highest BCUT2D eigenvalue weighted by Gasteiger charge is 2.47. The van der Waals surface area contributed by atoms with Crippen LogP contribution in [0.15, 0.2) is 59.8 Å². The van der Waals surface area contributed by atoms with Gasteiger partial charge in [-0.05, 0) is 42.3 Å². The van der Waals surface area contributed by atoms with Crippen LogP contribution in [0.25, 0.3) is 0 Å². The number of hydrogen-bond acceptors (Lipinski definition) is 5. The highest BCUT2D eigenvalue weighted by atomic mass is 32.2. The lowest BCUT2D eigenvalue weighted by molar-refractivity contribution is -0.204. The van der Waals surface area contributed by atoms with Crippen LogP contribution in [-0.4, -0.2) is 22.1 Å². The summed E-state index contributed by atoms with van der Waals surface area (Å²) >= 11 is 0.700. The average Bonchev–Trinajstić information content (AvgIpc) is 2.62. The number of benzene rings is 1. The molecule has 1 aromatic carbocycles. The SMILES string of the molecule is N#CC(CCCc1ccccc1)(OC(=O)C(F)(F)F)Sc1ccccn1. The summed E-state index contributed by atoms with van der Waals surface area (Å²) in [4.78, 5) is 13.3. The molecule has 0 saturated heterocycles. The van der Waals surface area contributed by atoms with Gasteiger partial charge < -0.3 is 4.74 Å². The first-order valence-corrected chi connectivity index (χ1v) is 8.52. The summed E-state index contributed by atoms with van der Waals surface area (Å²) in [6.07, 6.45) is -2.90. The molecule has 0 aliphatic rings. The quantitative estimate of drug-likeness (QED) is 0.401. The number of aryl methyl sites for hydroxylation is 1. The van der Waals surface area contributed by atoms with Crippen molar-refractivity contribution in [2.24, 2.45) is 0 Å². The number of alkyl halides is 3. The van der Waals surface area contributed by atoms with E-state index in [0.29, 0.717) is 29.6 Å². The minimum atomic E-state index is -5.17. The molecule has 0 radical (unpaired) electrons. The molecule has 0 saturated carbocycles. The number of pyridine rings is 1. The summed E-state index contributed by atoms with van der Waals surface area (Å²) in [7, 11) is 0. The van der Waals surface area contributed by atoms with Crippen molar-refractivity contribution in [3.8, 4) is 6.07 Å². The van der Waals surface area contributed by atoms with Crippen molar-refractivity contribution < 1.29 is 22.7 Å². The minimum absolute atomic E-state index is 0.0680. The summed E-state index contributed by atoms with van der Waals surface area (Å²) in [5, 5.41) is 9.80. The number of esters is 1. The molecule has 0 N–H and O–H groups in total. The average molecular weight is 380 g/mol. The number of carbonyl (C=O) groups excluding carboxylic acids is 1. The van der Waals surface area contributed by atoms with Gasteiger partial charge in [-0.3, -0.25) is 0 Å². The van der Waals surface area contributed by atoms with E-state index in [0.717, 1.165) is 5.56 Å². The molecule has 1 atom stereocenters. The molecule has 136 valence electrons. The van der Waals surface area contributed by atoms with E-state index in [9.17, 15) is 23.2 Å². The Bertz CT molecular complexity index is 764. The van der Waals surface area contributed by atoms with Crippen molar-refractivity contribution in [2.45, 2.75) is 35.4 Å². The van der Waals surface area contributed by atoms with Crippen LogP contribution in [0.4, 0.5) is 13.2 Å². The van der Waals surface area contributed by atoms with Crippen molar-refractivity contribution in [1.29, 1.82) is 5.26 Å². The Hall–Kier alpha value is -2.53. The summed E-state index contributed by atoms with van der Waals surface area (Å²) in [6, 6.07) is 15.8. The first-order valence-electron chi connectivity index (χ1n) is 7.70. The number of nitrogens with zero attached hydrogens (tertiary/aromatic N) is 2. The fourth-order valence-corrected chi connectivity index (χ4v) is 3.19. The van der Waals surface area contributed by atoms with Gasteiger partial charge in [0, 0.05) is 12.6 Å². The summed E-state index contributed by atoms with van der Waals surface area (Å²) < 4.78 is 42.5. The fraction of sp³-hybridized carbons (Fsp3) is 0.278. The molecular formula is C18H15F3N2O2S. The topological polar surface area (TPSA) is 63.0 Å². The van der Waals surface area contributed by atoms with Gasteiger partial charge in [0.15, 0.2) is 0 Å². The summed E-state index contributed by atoms with van der Waals surface area (Å²) in [5.41, 5.74) is 0.976. The molecular weight excluding hydrogens is 365 g/mol. The van der Waals surface area contributed by atoms with Crippen molar-refractivity contribution in [3.05, 3.63) is 60.3 Å². The second kappa shape index (κ2) is 8.72. The first kappa shape index (κ1) is 19.8. The van der Waals surface area contributed by atoms with Crippen LogP contribution < -0.4 is 0 Å². The van der Waals surface area contributed by atoms with E-state index in [1.54, 1.807) is 18.2 Å². The molecule has 26 heavy (non-hydrogen) atoms. The number of nitriles is 1. The highest BCUT2D eigenvalue weighted by Crippen LogP contribution is 2.38. The minimum Gasteiger partial charge on any atom is -0.427 e. The maximum atomic E-state index is 12.6. The molecule has 8 heteroatoms. The lowest BCUT2D eigenvalue weighted by atomic mass is 10.1. The van der Waals surface area contributed by atoms with E-state index in [2.05, 4.69) is 9.72 Å². The third-order valence-corrected chi connectivity index (χ3v) is 4.54. The van der Waals surface area contributed by atoms with Gasteiger partial charge in [0.1, 0.15) is 11.1 Å². The van der Waals surface area contributed by atoms with Gasteiger partial charge in [-0.2, -0.15) is 18.4 Å². The van der Waals surface area contributed by atoms with E-state index >= 15 is 0 Å². The standard InChI is InChI=1S/C18H15F3N2O2S/c19-18(20,21)16(24)25-17(13-22,26-15-10-4-5-12-23-15)11-6-9-14-7-2-1-3-8-14/h1-5,7-8,10,12H,6,9,11H2. The molecule has 1 aromatic heterocycles. The van der Waals surface area contributed by atoms with Crippen molar-refractivity contribution >= 4 is 17.7 Å². The predicted octanol–water partition coefficient (Wildman–Crippen LogP) is 4.52. The van der Waals surface area contributed by atoms with Gasteiger partial charge in [0.25, 0.3) is 0 Å². The van der Waals surface area contributed by atoms with Gasteiger partial charge in [-0.25, -0.2) is 9.78 Å². The molecule has 2 rings (SSSR count). The number of aromatic nitrogens is 1. The number of ether oxygens (including phenoxy) is 1. The fourth-order valence-electron chi connectivity index (χ4n) is 2.18. The van der Waals surface area contributed by atoms with Gasteiger partial charge in [0.2, 0.25) is 4.93 Å². The van der Waals surface area contributed by atoms with Gasteiger partial charge >= 0.3 is 12.1 Å². The number of hydrogen-bond donors (Lipinski definition) is 0. The van der Waals surface area contributed by atoms with E-state index in [4.69, 9.17) is 0 Å². The van der Waals surface area contributed by atoms with Crippen LogP contribution in [0.1, 0.15) is 18.4 Å². The Morgan fingerprint density at radius 1 is 1.15 bits per heavy atom. The Morgan fingerprint density at radius 2 is 1.85 bits per heavy atom. The number of rotatable bonds is 7. The van der Waals surface area contributed by atoms with Crippen molar-refractivity contribution in [1.82, 2.24) is 4.98 Å². The smallest absolute Gasteiger partial charge is 0.427 e. The van der Waals surface area contributed by atoms with Crippen LogP contribution >= 0.6 is 11.8 Å². The lowest BCUT2D eigenvalue weighted by Gasteiger charge is -2.26. The molecule has 0 amide bonds. The Kier molecular flexibility index (Phi) is 6.64. The van der Waals surface area contributed by atoms with Gasteiger partial charge in [-0.15, -0.1) is 0 Å². The molecule has 2 aromatic rings. The number of thioether (sulfide) groups is 1. The van der Waals surface area contributed by atoms with Crippen LogP contribution in [-0.2, 0) is 16.0 Å². The Balaban J connectivity index is 2.16. The third kappa shape index (κ3) is 5.77. The highest BCUT2D eigenvalue weighted by molar-refractivity contribution is 8.00. The van der Waals surface area contributed by atoms with Crippen molar-refractivity contribution in [3.63, 3.8) is 0 Å². The summed E-state index contributed by atoms with van der Waals surface area (Å²) in [6.45, 7) is 0. The zero-order chi connectivity index (χ0) is 19.0. The molecule has 0 spiro atoms. The Labute approximate surface area is 153 Å². The second-order valence-corrected chi connectivity index (χ2v) is 6.64. The molecule has 1 unspecified atom stereocenters.